The largest absolute Gasteiger partial charge is 0.462 e. The molecule has 0 aromatic heterocycles. The molecule has 0 aromatic rings. The van der Waals surface area contributed by atoms with Crippen LogP contribution in [0.1, 0.15) is 60.8 Å². The summed E-state index contributed by atoms with van der Waals surface area (Å²) < 4.78 is 25.3. The standard InChI is InChI=1S/C33H46O8/c1-18(2)29-21(5)12-13-32(41-29)16-25-15-24(40-32)11-10-20(4)27(34)19(3)8-7-9-23-17-38-30-28(35)22(6)14-26(31(36)39-25)33(23,30)37/h7-10,12-14,18-19,21,24-30,34-35,37H,11,15-17H2,1-6H3. The number of aliphatic hydroxyl groups is 3. The van der Waals surface area contributed by atoms with Gasteiger partial charge in [0.25, 0.3) is 0 Å². The van der Waals surface area contributed by atoms with Crippen molar-refractivity contribution in [3.63, 3.8) is 0 Å². The van der Waals surface area contributed by atoms with Gasteiger partial charge in [0.2, 0.25) is 0 Å². The Morgan fingerprint density at radius 1 is 1.00 bits per heavy atom. The first-order valence-electron chi connectivity index (χ1n) is 15.0. The fourth-order valence-corrected chi connectivity index (χ4v) is 7.03. The summed E-state index contributed by atoms with van der Waals surface area (Å²) in [4.78, 5) is 13.9. The van der Waals surface area contributed by atoms with Crippen LogP contribution in [0.4, 0.5) is 0 Å². The molecule has 41 heavy (non-hydrogen) atoms. The van der Waals surface area contributed by atoms with Crippen LogP contribution in [0, 0.1) is 23.7 Å². The van der Waals surface area contributed by atoms with E-state index in [1.165, 1.54) is 0 Å². The van der Waals surface area contributed by atoms with Gasteiger partial charge in [0.15, 0.2) is 5.79 Å². The predicted molar refractivity (Wildman–Crippen MR) is 153 cm³/mol. The Hall–Kier alpha value is -2.07. The third-order valence-corrected chi connectivity index (χ3v) is 9.51. The Kier molecular flexibility index (Phi) is 8.56. The molecule has 0 aromatic carbocycles. The number of ether oxygens (including phenoxy) is 4. The van der Waals surface area contributed by atoms with Gasteiger partial charge in [0, 0.05) is 24.7 Å². The molecule has 4 heterocycles. The zero-order valence-corrected chi connectivity index (χ0v) is 25.0. The summed E-state index contributed by atoms with van der Waals surface area (Å²) >= 11 is 0. The average molecular weight is 571 g/mol. The van der Waals surface area contributed by atoms with Gasteiger partial charge in [-0.15, -0.1) is 0 Å². The van der Waals surface area contributed by atoms with Crippen molar-refractivity contribution >= 4 is 5.97 Å². The van der Waals surface area contributed by atoms with Gasteiger partial charge < -0.3 is 34.3 Å². The first-order valence-corrected chi connectivity index (χ1v) is 15.0. The van der Waals surface area contributed by atoms with Crippen molar-refractivity contribution in [3.8, 4) is 0 Å². The van der Waals surface area contributed by atoms with Crippen LogP contribution in [-0.4, -0.2) is 75.9 Å². The first-order chi connectivity index (χ1) is 19.3. The van der Waals surface area contributed by atoms with Gasteiger partial charge in [-0.05, 0) is 49.0 Å². The van der Waals surface area contributed by atoms with E-state index in [1.807, 2.05) is 32.1 Å². The van der Waals surface area contributed by atoms with E-state index in [4.69, 9.17) is 18.9 Å². The molecule has 1 aliphatic carbocycles. The molecule has 0 saturated carbocycles. The van der Waals surface area contributed by atoms with Gasteiger partial charge in [0.1, 0.15) is 29.8 Å². The Bertz CT molecular complexity index is 1170. The highest BCUT2D eigenvalue weighted by Crippen LogP contribution is 2.46. The lowest BCUT2D eigenvalue weighted by Crippen LogP contribution is -2.58. The Balaban J connectivity index is 1.55. The lowest BCUT2D eigenvalue weighted by Gasteiger charge is -2.48. The fourth-order valence-electron chi connectivity index (χ4n) is 7.03. The molecule has 2 bridgehead atoms. The number of esters is 1. The number of allylic oxidation sites excluding steroid dienone is 2. The number of hydrogen-bond acceptors (Lipinski definition) is 8. The maximum atomic E-state index is 13.9. The van der Waals surface area contributed by atoms with Crippen molar-refractivity contribution in [2.75, 3.05) is 6.61 Å². The molecule has 5 aliphatic rings. The molecule has 11 unspecified atom stereocenters. The molecule has 8 heteroatoms. The lowest BCUT2D eigenvalue weighted by molar-refractivity contribution is -0.299. The zero-order chi connectivity index (χ0) is 29.7. The maximum absolute atomic E-state index is 13.9. The topological polar surface area (TPSA) is 115 Å². The number of carbonyl (C=O) groups is 1. The summed E-state index contributed by atoms with van der Waals surface area (Å²) in [6.45, 7) is 12.0. The number of hydrogen-bond donors (Lipinski definition) is 3. The Morgan fingerprint density at radius 2 is 1.76 bits per heavy atom. The number of aliphatic hydroxyl groups excluding tert-OH is 2. The van der Waals surface area contributed by atoms with Crippen molar-refractivity contribution < 1.29 is 39.1 Å². The Labute approximate surface area is 243 Å². The highest BCUT2D eigenvalue weighted by atomic mass is 16.7. The quantitative estimate of drug-likeness (QED) is 0.321. The normalized spacial score (nSPS) is 45.2. The summed E-state index contributed by atoms with van der Waals surface area (Å²) in [6, 6.07) is 0. The van der Waals surface area contributed by atoms with Crippen LogP contribution in [0.3, 0.4) is 0 Å². The van der Waals surface area contributed by atoms with Crippen molar-refractivity contribution in [2.45, 2.75) is 109 Å². The molecule has 226 valence electrons. The molecule has 2 fully saturated rings. The van der Waals surface area contributed by atoms with Crippen molar-refractivity contribution in [3.05, 3.63) is 59.3 Å². The molecule has 5 rings (SSSR count). The molecular formula is C33H46O8. The average Bonchev–Trinajstić information content (AvgIpc) is 3.26. The van der Waals surface area contributed by atoms with Crippen molar-refractivity contribution in [2.24, 2.45) is 23.7 Å². The van der Waals surface area contributed by atoms with Gasteiger partial charge >= 0.3 is 5.97 Å². The summed E-state index contributed by atoms with van der Waals surface area (Å²) in [5.41, 5.74) is 0.0972. The molecule has 3 N–H and O–H groups in total. The third-order valence-electron chi connectivity index (χ3n) is 9.51. The SMILES string of the molecule is CC1=CCC2CC(CC3(C=CC(C)C(C(C)C)O3)O2)OC(=O)C2C=C(C)C(O)C3OCC(=CC=CC(C)C1O)C23O. The van der Waals surface area contributed by atoms with Gasteiger partial charge in [-0.1, -0.05) is 64.2 Å². The number of rotatable bonds is 1. The van der Waals surface area contributed by atoms with Crippen LogP contribution in [0.15, 0.2) is 59.3 Å². The fraction of sp³-hybridized carbons (Fsp3) is 0.667. The van der Waals surface area contributed by atoms with E-state index >= 15 is 0 Å². The molecule has 11 atom stereocenters. The van der Waals surface area contributed by atoms with Gasteiger partial charge in [0.05, 0.1) is 24.9 Å². The van der Waals surface area contributed by atoms with Crippen molar-refractivity contribution in [1.29, 1.82) is 0 Å². The second kappa shape index (κ2) is 11.5. The highest BCUT2D eigenvalue weighted by molar-refractivity contribution is 5.78. The summed E-state index contributed by atoms with van der Waals surface area (Å²) in [5.74, 6) is -2.40. The van der Waals surface area contributed by atoms with E-state index in [2.05, 4.69) is 26.8 Å². The van der Waals surface area contributed by atoms with E-state index in [0.29, 0.717) is 30.4 Å². The van der Waals surface area contributed by atoms with E-state index in [-0.39, 0.29) is 36.6 Å². The third kappa shape index (κ3) is 5.67. The molecule has 0 radical (unpaired) electrons. The molecular weight excluding hydrogens is 524 g/mol. The summed E-state index contributed by atoms with van der Waals surface area (Å²) in [6.07, 6.45) is 10.7. The second-order valence-corrected chi connectivity index (χ2v) is 13.0. The molecule has 4 aliphatic heterocycles. The molecule has 1 spiro atoms. The molecule has 2 saturated heterocycles. The Morgan fingerprint density at radius 3 is 2.49 bits per heavy atom. The van der Waals surface area contributed by atoms with Gasteiger partial charge in [-0.25, -0.2) is 0 Å². The molecule has 0 amide bonds. The lowest BCUT2D eigenvalue weighted by atomic mass is 9.71. The van der Waals surface area contributed by atoms with Gasteiger partial charge in [-0.2, -0.15) is 0 Å². The van der Waals surface area contributed by atoms with Crippen LogP contribution < -0.4 is 0 Å². The van der Waals surface area contributed by atoms with Crippen molar-refractivity contribution in [1.82, 2.24) is 0 Å². The van der Waals surface area contributed by atoms with E-state index in [0.717, 1.165) is 5.57 Å². The first kappa shape index (κ1) is 30.4. The van der Waals surface area contributed by atoms with Crippen LogP contribution >= 0.6 is 0 Å². The van der Waals surface area contributed by atoms with E-state index in [9.17, 15) is 20.1 Å². The zero-order valence-electron chi connectivity index (χ0n) is 25.0. The minimum absolute atomic E-state index is 0.0603. The monoisotopic (exact) mass is 570 g/mol. The number of fused-ring (bicyclic) bond motifs is 2. The smallest absolute Gasteiger partial charge is 0.316 e. The van der Waals surface area contributed by atoms with E-state index in [1.54, 1.807) is 25.2 Å². The predicted octanol–water partition coefficient (Wildman–Crippen LogP) is 3.92. The summed E-state index contributed by atoms with van der Waals surface area (Å²) in [5, 5.41) is 33.9. The highest BCUT2D eigenvalue weighted by Gasteiger charge is 2.60. The van der Waals surface area contributed by atoms with Gasteiger partial charge in [-0.3, -0.25) is 4.79 Å². The van der Waals surface area contributed by atoms with Crippen LogP contribution in [0.25, 0.3) is 0 Å². The minimum Gasteiger partial charge on any atom is -0.462 e. The summed E-state index contributed by atoms with van der Waals surface area (Å²) in [7, 11) is 0. The van der Waals surface area contributed by atoms with E-state index < -0.39 is 47.7 Å². The second-order valence-electron chi connectivity index (χ2n) is 13.0. The van der Waals surface area contributed by atoms with Crippen LogP contribution in [0.5, 0.6) is 0 Å². The van der Waals surface area contributed by atoms with Crippen LogP contribution in [-0.2, 0) is 23.7 Å². The maximum Gasteiger partial charge on any atom is 0.316 e. The van der Waals surface area contributed by atoms with Crippen LogP contribution in [0.2, 0.25) is 0 Å². The minimum atomic E-state index is -1.77. The molecule has 8 nitrogen and oxygen atoms in total. The number of carbonyl (C=O) groups excluding carboxylic acids is 1.